The molecule has 4 N–H and O–H groups in total. The zero-order chi connectivity index (χ0) is 16.1. The Labute approximate surface area is 121 Å². The summed E-state index contributed by atoms with van der Waals surface area (Å²) in [5.74, 6) is 0.0755. The summed E-state index contributed by atoms with van der Waals surface area (Å²) < 4.78 is 45.6. The quantitative estimate of drug-likeness (QED) is 0.711. The lowest BCUT2D eigenvalue weighted by atomic mass is 9.97. The molecule has 0 amide bonds. The van der Waals surface area contributed by atoms with Crippen molar-refractivity contribution in [3.63, 3.8) is 0 Å². The van der Waals surface area contributed by atoms with E-state index in [0.717, 1.165) is 6.33 Å². The summed E-state index contributed by atoms with van der Waals surface area (Å²) in [5.41, 5.74) is 2.97. The Kier molecular flexibility index (Phi) is 3.23. The second kappa shape index (κ2) is 4.76. The molecule has 0 bridgehead atoms. The highest BCUT2D eigenvalue weighted by molar-refractivity contribution is 5.81. The number of hydrogen-bond donors (Lipinski definition) is 3. The third kappa shape index (κ3) is 1.93. The number of ether oxygens (including phenoxy) is 1. The van der Waals surface area contributed by atoms with Gasteiger partial charge in [-0.3, -0.25) is 4.57 Å². The minimum atomic E-state index is -4.93. The van der Waals surface area contributed by atoms with Crippen LogP contribution in [0.2, 0.25) is 0 Å². The molecule has 1 aliphatic rings. The van der Waals surface area contributed by atoms with Crippen LogP contribution in [-0.2, 0) is 4.74 Å². The van der Waals surface area contributed by atoms with E-state index in [-0.39, 0.29) is 23.4 Å². The van der Waals surface area contributed by atoms with Gasteiger partial charge in [0.25, 0.3) is 0 Å². The van der Waals surface area contributed by atoms with Crippen LogP contribution in [-0.4, -0.2) is 54.2 Å². The van der Waals surface area contributed by atoms with Crippen LogP contribution in [0.25, 0.3) is 11.2 Å². The Morgan fingerprint density at radius 3 is 2.73 bits per heavy atom. The molecule has 0 radical (unpaired) electrons. The summed E-state index contributed by atoms with van der Waals surface area (Å²) >= 11 is 0. The third-order valence-electron chi connectivity index (χ3n) is 3.72. The average molecular weight is 319 g/mol. The van der Waals surface area contributed by atoms with Crippen LogP contribution in [0.3, 0.4) is 0 Å². The maximum absolute atomic E-state index is 13.1. The van der Waals surface area contributed by atoms with Gasteiger partial charge in [0.05, 0.1) is 19.0 Å². The molecule has 3 heterocycles. The van der Waals surface area contributed by atoms with Gasteiger partial charge in [0.1, 0.15) is 18.1 Å². The van der Waals surface area contributed by atoms with Crippen molar-refractivity contribution >= 4 is 17.0 Å². The molecule has 0 spiro atoms. The number of aliphatic hydroxyl groups is 2. The summed E-state index contributed by atoms with van der Waals surface area (Å²) in [6, 6.07) is 0. The van der Waals surface area contributed by atoms with Crippen molar-refractivity contribution in [2.75, 3.05) is 12.3 Å². The monoisotopic (exact) mass is 319 g/mol. The van der Waals surface area contributed by atoms with Gasteiger partial charge in [-0.05, 0) is 0 Å². The van der Waals surface area contributed by atoms with Gasteiger partial charge >= 0.3 is 6.18 Å². The number of anilines is 1. The smallest absolute Gasteiger partial charge is 0.393 e. The molecule has 120 valence electrons. The zero-order valence-corrected chi connectivity index (χ0v) is 11.0. The lowest BCUT2D eigenvalue weighted by Crippen LogP contribution is -2.55. The number of alkyl halides is 3. The molecule has 8 nitrogen and oxygen atoms in total. The van der Waals surface area contributed by atoms with E-state index in [0.29, 0.717) is 0 Å². The number of aromatic nitrogens is 4. The van der Waals surface area contributed by atoms with Crippen molar-refractivity contribution in [3.05, 3.63) is 12.7 Å². The van der Waals surface area contributed by atoms with Crippen molar-refractivity contribution in [1.82, 2.24) is 19.5 Å². The maximum Gasteiger partial charge on any atom is 0.422 e. The minimum Gasteiger partial charge on any atom is -0.393 e. The molecule has 22 heavy (non-hydrogen) atoms. The van der Waals surface area contributed by atoms with Gasteiger partial charge in [-0.15, -0.1) is 0 Å². The van der Waals surface area contributed by atoms with Gasteiger partial charge in [-0.25, -0.2) is 15.0 Å². The molecule has 1 fully saturated rings. The first-order chi connectivity index (χ1) is 10.3. The van der Waals surface area contributed by atoms with Crippen LogP contribution in [0, 0.1) is 0 Å². The number of nitrogen functional groups attached to an aromatic ring is 1. The van der Waals surface area contributed by atoms with Crippen LogP contribution in [0.5, 0.6) is 0 Å². The fraction of sp³-hybridized carbons (Fsp3) is 0.545. The number of halogens is 3. The van der Waals surface area contributed by atoms with Crippen molar-refractivity contribution in [3.8, 4) is 0 Å². The SMILES string of the molecule is Nc1ncnc2c1ncn2[C@H]1C[C@H](O)[C@](CO)(C(F)(F)F)O1. The standard InChI is InChI=1S/C11H12F3N5O3/c12-11(13,14)10(2-20)5(21)1-6(22-10)19-4-18-7-8(15)16-3-17-9(7)19/h3-6,20-21H,1-2H2,(H2,15,16,17)/t5-,6+,10+/m0/s1. The number of fused-ring (bicyclic) bond motifs is 1. The van der Waals surface area contributed by atoms with E-state index in [1.165, 1.54) is 10.9 Å². The van der Waals surface area contributed by atoms with E-state index in [1.54, 1.807) is 0 Å². The first kappa shape index (κ1) is 14.9. The lowest BCUT2D eigenvalue weighted by molar-refractivity contribution is -0.305. The Morgan fingerprint density at radius 2 is 2.14 bits per heavy atom. The topological polar surface area (TPSA) is 119 Å². The molecule has 0 aromatic carbocycles. The molecule has 2 aromatic rings. The van der Waals surface area contributed by atoms with Gasteiger partial charge in [0.15, 0.2) is 11.5 Å². The van der Waals surface area contributed by atoms with Gasteiger partial charge in [-0.1, -0.05) is 0 Å². The second-order valence-electron chi connectivity index (χ2n) is 4.95. The van der Waals surface area contributed by atoms with Crippen LogP contribution in [0.15, 0.2) is 12.7 Å². The molecular weight excluding hydrogens is 307 g/mol. The van der Waals surface area contributed by atoms with Gasteiger partial charge in [0.2, 0.25) is 5.60 Å². The fourth-order valence-corrected chi connectivity index (χ4v) is 2.49. The molecule has 3 rings (SSSR count). The number of imidazole rings is 1. The summed E-state index contributed by atoms with van der Waals surface area (Å²) in [7, 11) is 0. The van der Waals surface area contributed by atoms with Crippen molar-refractivity contribution < 1.29 is 28.1 Å². The van der Waals surface area contributed by atoms with Gasteiger partial charge in [0, 0.05) is 6.42 Å². The van der Waals surface area contributed by atoms with E-state index < -0.39 is 30.7 Å². The van der Waals surface area contributed by atoms with Crippen LogP contribution in [0.4, 0.5) is 19.0 Å². The number of nitrogens with two attached hydrogens (primary N) is 1. The molecule has 3 atom stereocenters. The average Bonchev–Trinajstić information content (AvgIpc) is 3.00. The highest BCUT2D eigenvalue weighted by Crippen LogP contribution is 2.47. The maximum atomic E-state index is 13.1. The van der Waals surface area contributed by atoms with E-state index in [2.05, 4.69) is 15.0 Å². The van der Waals surface area contributed by atoms with E-state index in [9.17, 15) is 18.3 Å². The fourth-order valence-electron chi connectivity index (χ4n) is 2.49. The predicted molar refractivity (Wildman–Crippen MR) is 66.4 cm³/mol. The summed E-state index contributed by atoms with van der Waals surface area (Å²) in [6.07, 6.45) is -6.07. The summed E-state index contributed by atoms with van der Waals surface area (Å²) in [5, 5.41) is 18.9. The van der Waals surface area contributed by atoms with E-state index >= 15 is 0 Å². The number of nitrogens with zero attached hydrogens (tertiary/aromatic N) is 4. The minimum absolute atomic E-state index is 0.0755. The second-order valence-corrected chi connectivity index (χ2v) is 4.95. The van der Waals surface area contributed by atoms with Gasteiger partial charge in [-0.2, -0.15) is 13.2 Å². The highest BCUT2D eigenvalue weighted by Gasteiger charge is 2.65. The zero-order valence-electron chi connectivity index (χ0n) is 11.0. The van der Waals surface area contributed by atoms with E-state index in [4.69, 9.17) is 15.6 Å². The van der Waals surface area contributed by atoms with Crippen LogP contribution >= 0.6 is 0 Å². The normalized spacial score (nSPS) is 29.3. The van der Waals surface area contributed by atoms with Crippen LogP contribution < -0.4 is 5.73 Å². The first-order valence-corrected chi connectivity index (χ1v) is 6.26. The molecular formula is C11H12F3N5O3. The predicted octanol–water partition coefficient (Wildman–Crippen LogP) is -0.0183. The molecule has 1 aliphatic heterocycles. The number of rotatable bonds is 2. The number of aliphatic hydroxyl groups excluding tert-OH is 2. The molecule has 2 aromatic heterocycles. The Hall–Kier alpha value is -1.98. The Balaban J connectivity index is 2.02. The summed E-state index contributed by atoms with van der Waals surface area (Å²) in [6.45, 7) is -1.39. The summed E-state index contributed by atoms with van der Waals surface area (Å²) in [4.78, 5) is 11.6. The lowest BCUT2D eigenvalue weighted by Gasteiger charge is -2.32. The van der Waals surface area contributed by atoms with Crippen molar-refractivity contribution in [1.29, 1.82) is 0 Å². The molecule has 1 saturated heterocycles. The third-order valence-corrected chi connectivity index (χ3v) is 3.72. The van der Waals surface area contributed by atoms with Gasteiger partial charge < -0.3 is 20.7 Å². The molecule has 0 saturated carbocycles. The first-order valence-electron chi connectivity index (χ1n) is 6.26. The largest absolute Gasteiger partial charge is 0.422 e. The number of hydrogen-bond acceptors (Lipinski definition) is 7. The van der Waals surface area contributed by atoms with E-state index in [1.807, 2.05) is 0 Å². The van der Waals surface area contributed by atoms with Crippen LogP contribution in [0.1, 0.15) is 12.6 Å². The molecule has 0 aliphatic carbocycles. The molecule has 0 unspecified atom stereocenters. The highest BCUT2D eigenvalue weighted by atomic mass is 19.4. The van der Waals surface area contributed by atoms with Crippen molar-refractivity contribution in [2.45, 2.75) is 30.5 Å². The Bertz CT molecular complexity index is 706. The molecule has 11 heteroatoms. The van der Waals surface area contributed by atoms with Crippen molar-refractivity contribution in [2.24, 2.45) is 0 Å². The Morgan fingerprint density at radius 1 is 1.41 bits per heavy atom.